The topological polar surface area (TPSA) is 103 Å². The Balaban J connectivity index is 1.53. The first-order chi connectivity index (χ1) is 15.6. The van der Waals surface area contributed by atoms with Crippen molar-refractivity contribution in [1.29, 1.82) is 0 Å². The molecule has 162 valence electrons. The molecule has 32 heavy (non-hydrogen) atoms. The van der Waals surface area contributed by atoms with Gasteiger partial charge in [0, 0.05) is 36.1 Å². The second-order valence-electron chi connectivity index (χ2n) is 6.79. The third-order valence-electron chi connectivity index (χ3n) is 4.79. The Morgan fingerprint density at radius 3 is 2.81 bits per heavy atom. The Morgan fingerprint density at radius 1 is 1.06 bits per heavy atom. The molecule has 9 nitrogen and oxygen atoms in total. The molecule has 1 N–H and O–H groups in total. The molecule has 0 aliphatic carbocycles. The van der Waals surface area contributed by atoms with E-state index in [2.05, 4.69) is 25.4 Å². The number of hydrogen-bond donors (Lipinski definition) is 1. The maximum atomic E-state index is 14.4. The number of rotatable bonds is 7. The van der Waals surface area contributed by atoms with E-state index in [0.717, 1.165) is 11.6 Å². The number of pyridine rings is 1. The predicted molar refractivity (Wildman–Crippen MR) is 109 cm³/mol. The Hall–Kier alpha value is -4.12. The third kappa shape index (κ3) is 3.58. The van der Waals surface area contributed by atoms with E-state index in [9.17, 15) is 8.78 Å². The molecule has 4 aromatic heterocycles. The number of methoxy groups -OCH3 is 1. The van der Waals surface area contributed by atoms with Gasteiger partial charge in [-0.2, -0.15) is 5.10 Å². The highest BCUT2D eigenvalue weighted by Crippen LogP contribution is 2.33. The van der Waals surface area contributed by atoms with E-state index in [0.29, 0.717) is 29.2 Å². The van der Waals surface area contributed by atoms with Gasteiger partial charge in [-0.15, -0.1) is 5.10 Å². The molecule has 5 aromatic rings. The fourth-order valence-corrected chi connectivity index (χ4v) is 3.28. The lowest BCUT2D eigenvalue weighted by Crippen LogP contribution is -2.04. The van der Waals surface area contributed by atoms with E-state index >= 15 is 0 Å². The van der Waals surface area contributed by atoms with Gasteiger partial charge in [-0.1, -0.05) is 5.10 Å². The summed E-state index contributed by atoms with van der Waals surface area (Å²) < 4.78 is 45.3. The van der Waals surface area contributed by atoms with Gasteiger partial charge >= 0.3 is 6.08 Å². The highest BCUT2D eigenvalue weighted by atomic mass is 19.1. The number of ether oxygens (including phenoxy) is 2. The van der Waals surface area contributed by atoms with Crippen LogP contribution < -0.4 is 4.74 Å². The van der Waals surface area contributed by atoms with Gasteiger partial charge in [-0.25, -0.2) is 13.8 Å². The van der Waals surface area contributed by atoms with E-state index in [4.69, 9.17) is 13.9 Å². The monoisotopic (exact) mass is 438 g/mol. The van der Waals surface area contributed by atoms with Crippen LogP contribution in [0.2, 0.25) is 0 Å². The van der Waals surface area contributed by atoms with Crippen molar-refractivity contribution in [1.82, 2.24) is 29.8 Å². The van der Waals surface area contributed by atoms with Gasteiger partial charge in [-0.3, -0.25) is 9.50 Å². The number of aromatic amines is 1. The second kappa shape index (κ2) is 8.19. The number of hydrogen-bond acceptors (Lipinski definition) is 7. The number of aromatic nitrogens is 6. The van der Waals surface area contributed by atoms with Crippen LogP contribution in [-0.4, -0.2) is 50.1 Å². The number of imidazole rings is 1. The Labute approximate surface area is 179 Å². The second-order valence-corrected chi connectivity index (χ2v) is 6.79. The quantitative estimate of drug-likeness (QED) is 0.386. The van der Waals surface area contributed by atoms with Gasteiger partial charge in [0.2, 0.25) is 0 Å². The van der Waals surface area contributed by atoms with E-state index in [1.54, 1.807) is 36.2 Å². The molecule has 0 atom stereocenters. The lowest BCUT2D eigenvalue weighted by atomic mass is 10.0. The maximum absolute atomic E-state index is 14.4. The molecule has 0 aliphatic heterocycles. The summed E-state index contributed by atoms with van der Waals surface area (Å²) in [7, 11) is 1.56. The predicted octanol–water partition coefficient (Wildman–Crippen LogP) is 3.74. The zero-order chi connectivity index (χ0) is 22.1. The van der Waals surface area contributed by atoms with Gasteiger partial charge in [0.1, 0.15) is 29.6 Å². The summed E-state index contributed by atoms with van der Waals surface area (Å²) in [6, 6.07) is 7.02. The summed E-state index contributed by atoms with van der Waals surface area (Å²) in [5.74, 6) is -1.12. The molecule has 0 radical (unpaired) electrons. The van der Waals surface area contributed by atoms with E-state index in [1.807, 2.05) is 6.07 Å². The molecule has 0 unspecified atom stereocenters. The summed E-state index contributed by atoms with van der Waals surface area (Å²) in [5.41, 5.74) is 3.18. The molecule has 0 bridgehead atoms. The molecular weight excluding hydrogens is 422 g/mol. The summed E-state index contributed by atoms with van der Waals surface area (Å²) in [6.45, 7) is 0.664. The molecule has 0 spiro atoms. The normalized spacial score (nSPS) is 11.3. The highest BCUT2D eigenvalue weighted by molar-refractivity contribution is 5.81. The first-order valence-electron chi connectivity index (χ1n) is 9.56. The molecule has 0 aliphatic rings. The van der Waals surface area contributed by atoms with Crippen molar-refractivity contribution in [2.75, 3.05) is 20.3 Å². The summed E-state index contributed by atoms with van der Waals surface area (Å²) in [4.78, 5) is 4.36. The van der Waals surface area contributed by atoms with E-state index in [-0.39, 0.29) is 24.1 Å². The standard InChI is InChI=1S/C21H16F2N6O3/c1-30-6-7-31-21-28-27-20(32-21)17-10-24-18-5-2-12(11-29(17)18)15-9-25-26-19(15)14-4-3-13(22)8-16(14)23/h2-5,8-11H,6-7H2,1H3,(H,25,26). The number of fused-ring (bicyclic) bond motifs is 1. The molecule has 0 saturated carbocycles. The van der Waals surface area contributed by atoms with Crippen LogP contribution in [0.15, 0.2) is 53.3 Å². The van der Waals surface area contributed by atoms with Gasteiger partial charge in [0.25, 0.3) is 5.89 Å². The van der Waals surface area contributed by atoms with Crippen molar-refractivity contribution in [2.45, 2.75) is 0 Å². The molecule has 0 saturated heterocycles. The number of H-pyrrole nitrogens is 1. The number of nitrogens with zero attached hydrogens (tertiary/aromatic N) is 5. The van der Waals surface area contributed by atoms with Crippen LogP contribution in [-0.2, 0) is 4.74 Å². The minimum Gasteiger partial charge on any atom is -0.447 e. The lowest BCUT2D eigenvalue weighted by molar-refractivity contribution is 0.126. The van der Waals surface area contributed by atoms with Crippen molar-refractivity contribution in [3.63, 3.8) is 0 Å². The largest absolute Gasteiger partial charge is 0.447 e. The van der Waals surface area contributed by atoms with Gasteiger partial charge in [0.15, 0.2) is 0 Å². The molecule has 5 rings (SSSR count). The first kappa shape index (κ1) is 19.8. The Kier molecular flexibility index (Phi) is 5.07. The van der Waals surface area contributed by atoms with Crippen molar-refractivity contribution < 1.29 is 22.7 Å². The molecule has 0 amide bonds. The highest BCUT2D eigenvalue weighted by Gasteiger charge is 2.18. The fourth-order valence-electron chi connectivity index (χ4n) is 3.28. The van der Waals surface area contributed by atoms with Gasteiger partial charge < -0.3 is 13.9 Å². The molecule has 11 heteroatoms. The molecule has 4 heterocycles. The van der Waals surface area contributed by atoms with Crippen molar-refractivity contribution in [3.8, 4) is 40.0 Å². The smallest absolute Gasteiger partial charge is 0.415 e. The number of benzene rings is 1. The Morgan fingerprint density at radius 2 is 1.97 bits per heavy atom. The Bertz CT molecular complexity index is 1390. The van der Waals surface area contributed by atoms with Crippen LogP contribution >= 0.6 is 0 Å². The number of nitrogens with one attached hydrogen (secondary N) is 1. The summed E-state index contributed by atoms with van der Waals surface area (Å²) in [6.07, 6.45) is 4.99. The summed E-state index contributed by atoms with van der Waals surface area (Å²) >= 11 is 0. The van der Waals surface area contributed by atoms with Crippen LogP contribution in [0, 0.1) is 11.6 Å². The van der Waals surface area contributed by atoms with Crippen molar-refractivity contribution >= 4 is 5.65 Å². The molecule has 1 aromatic carbocycles. The minimum absolute atomic E-state index is 0.0204. The third-order valence-corrected chi connectivity index (χ3v) is 4.79. The fraction of sp³-hybridized carbons (Fsp3) is 0.143. The van der Waals surface area contributed by atoms with Crippen molar-refractivity contribution in [2.24, 2.45) is 0 Å². The summed E-state index contributed by atoms with van der Waals surface area (Å²) in [5, 5.41) is 14.7. The van der Waals surface area contributed by atoms with Gasteiger partial charge in [-0.05, 0) is 24.3 Å². The van der Waals surface area contributed by atoms with E-state index < -0.39 is 11.6 Å². The van der Waals surface area contributed by atoms with Crippen LogP contribution in [0.1, 0.15) is 0 Å². The zero-order valence-electron chi connectivity index (χ0n) is 16.7. The van der Waals surface area contributed by atoms with E-state index in [1.165, 1.54) is 12.1 Å². The lowest BCUT2D eigenvalue weighted by Gasteiger charge is -2.07. The zero-order valence-corrected chi connectivity index (χ0v) is 16.7. The van der Waals surface area contributed by atoms with Crippen molar-refractivity contribution in [3.05, 3.63) is 60.6 Å². The average Bonchev–Trinajstić information content (AvgIpc) is 3.53. The van der Waals surface area contributed by atoms with Gasteiger partial charge in [0.05, 0.1) is 24.7 Å². The van der Waals surface area contributed by atoms with Crippen LogP contribution in [0.4, 0.5) is 8.78 Å². The van der Waals surface area contributed by atoms with Crippen LogP contribution in [0.3, 0.4) is 0 Å². The maximum Gasteiger partial charge on any atom is 0.415 e. The molecular formula is C21H16F2N6O3. The minimum atomic E-state index is -0.688. The molecule has 0 fully saturated rings. The number of halogens is 2. The van der Waals surface area contributed by atoms with Crippen LogP contribution in [0.25, 0.3) is 39.6 Å². The average molecular weight is 438 g/mol. The van der Waals surface area contributed by atoms with Crippen LogP contribution in [0.5, 0.6) is 6.08 Å². The first-order valence-corrected chi connectivity index (χ1v) is 9.56. The SMILES string of the molecule is COCCOc1nnc(-c2cnc3ccc(-c4cn[nH]c4-c4ccc(F)cc4F)cn23)o1.